The predicted molar refractivity (Wildman–Crippen MR) is 94.1 cm³/mol. The number of hydrogen-bond donors (Lipinski definition) is 0. The number of rotatable bonds is 5. The average molecular weight is 379 g/mol. The fourth-order valence-corrected chi connectivity index (χ4v) is 4.69. The molecule has 1 fully saturated rings. The Hall–Kier alpha value is -2.12. The number of sulfonamides is 1. The third-order valence-electron chi connectivity index (χ3n) is 4.61. The zero-order valence-corrected chi connectivity index (χ0v) is 14.9. The first kappa shape index (κ1) is 18.7. The minimum Gasteiger partial charge on any atom is -0.294 e. The van der Waals surface area contributed by atoms with Crippen LogP contribution in [0.15, 0.2) is 48.5 Å². The molecule has 0 unspecified atom stereocenters. The van der Waals surface area contributed by atoms with Crippen LogP contribution >= 0.6 is 0 Å². The first-order chi connectivity index (χ1) is 12.3. The quantitative estimate of drug-likeness (QED) is 0.749. The van der Waals surface area contributed by atoms with Gasteiger partial charge in [0.25, 0.3) is 0 Å². The van der Waals surface area contributed by atoms with Crippen molar-refractivity contribution in [1.29, 1.82) is 0 Å². The largest absolute Gasteiger partial charge is 0.294 e. The highest BCUT2D eigenvalue weighted by atomic mass is 32.2. The van der Waals surface area contributed by atoms with Gasteiger partial charge >= 0.3 is 0 Å². The van der Waals surface area contributed by atoms with E-state index >= 15 is 0 Å². The monoisotopic (exact) mass is 379 g/mol. The number of halogens is 2. The molecule has 0 bridgehead atoms. The van der Waals surface area contributed by atoms with E-state index in [1.54, 1.807) is 0 Å². The molecule has 1 saturated heterocycles. The summed E-state index contributed by atoms with van der Waals surface area (Å²) in [6, 6.07) is 10.8. The number of piperidine rings is 1. The Morgan fingerprint density at radius 2 is 1.42 bits per heavy atom. The smallest absolute Gasteiger partial charge is 0.218 e. The maximum atomic E-state index is 13.0. The highest BCUT2D eigenvalue weighted by molar-refractivity contribution is 7.88. The lowest BCUT2D eigenvalue weighted by atomic mass is 9.90. The van der Waals surface area contributed by atoms with Crippen molar-refractivity contribution in [3.63, 3.8) is 0 Å². The van der Waals surface area contributed by atoms with Crippen LogP contribution in [0.1, 0.15) is 28.8 Å². The molecule has 0 aromatic heterocycles. The van der Waals surface area contributed by atoms with Crippen molar-refractivity contribution in [2.45, 2.75) is 18.6 Å². The number of nitrogens with zero attached hydrogens (tertiary/aromatic N) is 1. The summed E-state index contributed by atoms with van der Waals surface area (Å²) < 4.78 is 52.4. The standard InChI is InChI=1S/C19H19F2NO3S/c20-17-5-1-14(2-6-17)13-26(24,25)22-11-9-16(10-12-22)19(23)15-3-7-18(21)8-4-15/h1-8,16H,9-13H2. The van der Waals surface area contributed by atoms with Gasteiger partial charge in [-0.05, 0) is 54.8 Å². The fourth-order valence-electron chi connectivity index (χ4n) is 3.13. The van der Waals surface area contributed by atoms with Crippen molar-refractivity contribution in [3.8, 4) is 0 Å². The van der Waals surface area contributed by atoms with Gasteiger partial charge in [0.05, 0.1) is 5.75 Å². The Morgan fingerprint density at radius 1 is 0.923 bits per heavy atom. The Morgan fingerprint density at radius 3 is 1.96 bits per heavy atom. The minimum atomic E-state index is -3.52. The van der Waals surface area contributed by atoms with E-state index in [9.17, 15) is 22.0 Å². The van der Waals surface area contributed by atoms with E-state index in [0.717, 1.165) is 0 Å². The lowest BCUT2D eigenvalue weighted by Gasteiger charge is -2.30. The number of carbonyl (C=O) groups excluding carboxylic acids is 1. The summed E-state index contributed by atoms with van der Waals surface area (Å²) in [5.74, 6) is -1.35. The third-order valence-corrected chi connectivity index (χ3v) is 6.46. The van der Waals surface area contributed by atoms with Crippen LogP contribution in [-0.4, -0.2) is 31.6 Å². The summed E-state index contributed by atoms with van der Waals surface area (Å²) in [6.45, 7) is 0.530. The Labute approximate surface area is 151 Å². The molecule has 0 radical (unpaired) electrons. The number of Topliss-reactive ketones (excluding diaryl/α,β-unsaturated/α-hetero) is 1. The topological polar surface area (TPSA) is 54.5 Å². The minimum absolute atomic E-state index is 0.0828. The molecule has 2 aromatic carbocycles. The lowest BCUT2D eigenvalue weighted by molar-refractivity contribution is 0.0875. The van der Waals surface area contributed by atoms with Gasteiger partial charge in [0.2, 0.25) is 10.0 Å². The van der Waals surface area contributed by atoms with E-state index in [1.807, 2.05) is 0 Å². The predicted octanol–water partition coefficient (Wildman–Crippen LogP) is 3.39. The van der Waals surface area contributed by atoms with Crippen LogP contribution in [0.25, 0.3) is 0 Å². The van der Waals surface area contributed by atoms with Crippen molar-refractivity contribution >= 4 is 15.8 Å². The summed E-state index contributed by atoms with van der Waals surface area (Å²) in [4.78, 5) is 12.5. The van der Waals surface area contributed by atoms with Crippen LogP contribution in [0.2, 0.25) is 0 Å². The Kier molecular flexibility index (Phi) is 5.48. The van der Waals surface area contributed by atoms with Gasteiger partial charge in [-0.1, -0.05) is 12.1 Å². The third kappa shape index (κ3) is 4.34. The van der Waals surface area contributed by atoms with Gasteiger partial charge in [0, 0.05) is 24.6 Å². The second-order valence-corrected chi connectivity index (χ2v) is 8.40. The highest BCUT2D eigenvalue weighted by Crippen LogP contribution is 2.25. The van der Waals surface area contributed by atoms with Gasteiger partial charge in [-0.3, -0.25) is 4.79 Å². The van der Waals surface area contributed by atoms with E-state index in [4.69, 9.17) is 0 Å². The van der Waals surface area contributed by atoms with Gasteiger partial charge in [0.1, 0.15) is 11.6 Å². The van der Waals surface area contributed by atoms with E-state index in [2.05, 4.69) is 0 Å². The maximum Gasteiger partial charge on any atom is 0.218 e. The molecule has 2 aromatic rings. The average Bonchev–Trinajstić information content (AvgIpc) is 2.64. The molecule has 0 amide bonds. The van der Waals surface area contributed by atoms with E-state index in [-0.39, 0.29) is 30.5 Å². The summed E-state index contributed by atoms with van der Waals surface area (Å²) in [7, 11) is -3.52. The molecule has 26 heavy (non-hydrogen) atoms. The zero-order chi connectivity index (χ0) is 18.7. The van der Waals surface area contributed by atoms with Crippen LogP contribution in [0, 0.1) is 17.6 Å². The molecule has 4 nitrogen and oxygen atoms in total. The summed E-state index contributed by atoms with van der Waals surface area (Å²) >= 11 is 0. The zero-order valence-electron chi connectivity index (χ0n) is 14.1. The summed E-state index contributed by atoms with van der Waals surface area (Å²) in [6.07, 6.45) is 0.859. The van der Waals surface area contributed by atoms with Gasteiger partial charge in [0.15, 0.2) is 5.78 Å². The molecular weight excluding hydrogens is 360 g/mol. The lowest BCUT2D eigenvalue weighted by Crippen LogP contribution is -2.40. The number of carbonyl (C=O) groups is 1. The van der Waals surface area contributed by atoms with Crippen LogP contribution in [-0.2, 0) is 15.8 Å². The van der Waals surface area contributed by atoms with E-state index in [1.165, 1.54) is 52.8 Å². The van der Waals surface area contributed by atoms with Gasteiger partial charge in [-0.2, -0.15) is 0 Å². The molecule has 0 saturated carbocycles. The summed E-state index contributed by atoms with van der Waals surface area (Å²) in [5, 5.41) is 0. The van der Waals surface area contributed by atoms with Gasteiger partial charge in [-0.15, -0.1) is 0 Å². The number of benzene rings is 2. The van der Waals surface area contributed by atoms with Gasteiger partial charge in [-0.25, -0.2) is 21.5 Å². The second kappa shape index (κ2) is 7.63. The van der Waals surface area contributed by atoms with Crippen molar-refractivity contribution in [3.05, 3.63) is 71.3 Å². The Balaban J connectivity index is 1.61. The molecule has 7 heteroatoms. The molecule has 1 aliphatic rings. The number of hydrogen-bond acceptors (Lipinski definition) is 3. The van der Waals surface area contributed by atoms with E-state index < -0.39 is 21.7 Å². The molecule has 0 N–H and O–H groups in total. The fraction of sp³-hybridized carbons (Fsp3) is 0.316. The molecular formula is C19H19F2NO3S. The highest BCUT2D eigenvalue weighted by Gasteiger charge is 2.31. The van der Waals surface area contributed by atoms with Crippen molar-refractivity contribution < 1.29 is 22.0 Å². The molecule has 3 rings (SSSR count). The molecule has 0 spiro atoms. The van der Waals surface area contributed by atoms with Crippen LogP contribution in [0.4, 0.5) is 8.78 Å². The first-order valence-electron chi connectivity index (χ1n) is 8.37. The second-order valence-electron chi connectivity index (χ2n) is 6.43. The van der Waals surface area contributed by atoms with Crippen molar-refractivity contribution in [2.75, 3.05) is 13.1 Å². The SMILES string of the molecule is O=C(c1ccc(F)cc1)C1CCN(S(=O)(=O)Cc2ccc(F)cc2)CC1. The number of ketones is 1. The van der Waals surface area contributed by atoms with Gasteiger partial charge < -0.3 is 0 Å². The van der Waals surface area contributed by atoms with Crippen molar-refractivity contribution in [2.24, 2.45) is 5.92 Å². The molecule has 0 atom stereocenters. The van der Waals surface area contributed by atoms with Crippen molar-refractivity contribution in [1.82, 2.24) is 4.31 Å². The molecule has 1 heterocycles. The molecule has 0 aliphatic carbocycles. The Bertz CT molecular complexity index is 872. The maximum absolute atomic E-state index is 13.0. The molecule has 138 valence electrons. The first-order valence-corrected chi connectivity index (χ1v) is 9.98. The van der Waals surface area contributed by atoms with Crippen LogP contribution in [0.5, 0.6) is 0 Å². The van der Waals surface area contributed by atoms with Crippen LogP contribution in [0.3, 0.4) is 0 Å². The normalized spacial score (nSPS) is 16.5. The molecule has 1 aliphatic heterocycles. The summed E-state index contributed by atoms with van der Waals surface area (Å²) in [5.41, 5.74) is 0.968. The van der Waals surface area contributed by atoms with E-state index in [0.29, 0.717) is 24.0 Å². The van der Waals surface area contributed by atoms with Crippen LogP contribution < -0.4 is 0 Å².